The molecular weight excluding hydrogens is 485 g/mol. The predicted molar refractivity (Wildman–Crippen MR) is 132 cm³/mol. The van der Waals surface area contributed by atoms with E-state index in [9.17, 15) is 27.6 Å². The zero-order valence-corrected chi connectivity index (χ0v) is 20.4. The molecule has 198 valence electrons. The van der Waals surface area contributed by atoms with E-state index < -0.39 is 23.6 Å². The number of benzene rings is 2. The van der Waals surface area contributed by atoms with E-state index in [2.05, 4.69) is 20.9 Å². The van der Waals surface area contributed by atoms with Crippen molar-refractivity contribution < 1.29 is 27.6 Å². The van der Waals surface area contributed by atoms with E-state index in [0.29, 0.717) is 12.1 Å². The Bertz CT molecular complexity index is 1110. The first kappa shape index (κ1) is 26.7. The van der Waals surface area contributed by atoms with Crippen molar-refractivity contribution >= 4 is 17.7 Å². The molecule has 1 heterocycles. The van der Waals surface area contributed by atoms with Crippen LogP contribution in [0.15, 0.2) is 54.6 Å². The van der Waals surface area contributed by atoms with Gasteiger partial charge >= 0.3 is 6.18 Å². The summed E-state index contributed by atoms with van der Waals surface area (Å²) in [5.41, 5.74) is -0.447. The Labute approximate surface area is 213 Å². The number of carbonyl (C=O) groups excluding carboxylic acids is 3. The van der Waals surface area contributed by atoms with Crippen molar-refractivity contribution in [3.63, 3.8) is 0 Å². The topological polar surface area (TPSA) is 90.5 Å². The predicted octanol–water partition coefficient (Wildman–Crippen LogP) is 3.37. The molecular formula is C27H31F3N4O3. The van der Waals surface area contributed by atoms with Gasteiger partial charge in [0, 0.05) is 42.3 Å². The van der Waals surface area contributed by atoms with Crippen LogP contribution in [-0.2, 0) is 11.0 Å². The number of amides is 3. The zero-order valence-electron chi connectivity index (χ0n) is 20.4. The monoisotopic (exact) mass is 516 g/mol. The van der Waals surface area contributed by atoms with Crippen LogP contribution < -0.4 is 16.0 Å². The fourth-order valence-corrected chi connectivity index (χ4v) is 5.14. The zero-order chi connectivity index (χ0) is 26.4. The van der Waals surface area contributed by atoms with Gasteiger partial charge in [0.25, 0.3) is 11.8 Å². The molecule has 4 rings (SSSR count). The molecule has 37 heavy (non-hydrogen) atoms. The van der Waals surface area contributed by atoms with Gasteiger partial charge in [-0.3, -0.25) is 19.3 Å². The maximum absolute atomic E-state index is 12.9. The Morgan fingerprint density at radius 2 is 1.59 bits per heavy atom. The Kier molecular flexibility index (Phi) is 8.48. The maximum atomic E-state index is 12.9. The SMILES string of the molecule is O=C(CNC(=O)c1cccc(C(F)(F)F)c1)N[C@@H]1CCN([C@@H]2CCCC[C@@H]2NC(=O)c2ccccc2)C1. The van der Waals surface area contributed by atoms with Crippen LogP contribution in [0.2, 0.25) is 0 Å². The molecule has 0 radical (unpaired) electrons. The van der Waals surface area contributed by atoms with E-state index >= 15 is 0 Å². The molecule has 2 aromatic rings. The largest absolute Gasteiger partial charge is 0.416 e. The van der Waals surface area contributed by atoms with Crippen molar-refractivity contribution in [1.82, 2.24) is 20.9 Å². The first-order valence-electron chi connectivity index (χ1n) is 12.6. The fraction of sp³-hybridized carbons (Fsp3) is 0.444. The summed E-state index contributed by atoms with van der Waals surface area (Å²) in [5.74, 6) is -1.23. The van der Waals surface area contributed by atoms with E-state index in [1.807, 2.05) is 18.2 Å². The third kappa shape index (κ3) is 7.09. The molecule has 1 aliphatic carbocycles. The Morgan fingerprint density at radius 1 is 0.865 bits per heavy atom. The van der Waals surface area contributed by atoms with Gasteiger partial charge in [-0.2, -0.15) is 13.2 Å². The van der Waals surface area contributed by atoms with Crippen molar-refractivity contribution in [1.29, 1.82) is 0 Å². The summed E-state index contributed by atoms with van der Waals surface area (Å²) in [6.45, 7) is 1.09. The number of hydrogen-bond donors (Lipinski definition) is 3. The Morgan fingerprint density at radius 3 is 2.35 bits per heavy atom. The lowest BCUT2D eigenvalue weighted by Gasteiger charge is -2.38. The van der Waals surface area contributed by atoms with E-state index in [0.717, 1.165) is 56.8 Å². The molecule has 2 fully saturated rings. The number of likely N-dealkylation sites (tertiary alicyclic amines) is 1. The molecule has 3 atom stereocenters. The molecule has 1 saturated carbocycles. The lowest BCUT2D eigenvalue weighted by atomic mass is 9.89. The summed E-state index contributed by atoms with van der Waals surface area (Å²) in [4.78, 5) is 39.7. The molecule has 7 nitrogen and oxygen atoms in total. The smallest absolute Gasteiger partial charge is 0.350 e. The fourth-order valence-electron chi connectivity index (χ4n) is 5.14. The molecule has 1 saturated heterocycles. The summed E-state index contributed by atoms with van der Waals surface area (Å²) >= 11 is 0. The maximum Gasteiger partial charge on any atom is 0.416 e. The Hall–Kier alpha value is -3.40. The molecule has 2 aromatic carbocycles. The van der Waals surface area contributed by atoms with Crippen LogP contribution in [0, 0.1) is 0 Å². The summed E-state index contributed by atoms with van der Waals surface area (Å²) in [6, 6.07) is 13.3. The van der Waals surface area contributed by atoms with Gasteiger partial charge in [-0.25, -0.2) is 0 Å². The first-order chi connectivity index (χ1) is 17.7. The van der Waals surface area contributed by atoms with Crippen LogP contribution in [0.4, 0.5) is 13.2 Å². The van der Waals surface area contributed by atoms with Gasteiger partial charge in [-0.05, 0) is 49.6 Å². The van der Waals surface area contributed by atoms with Crippen LogP contribution >= 0.6 is 0 Å². The second-order valence-corrected chi connectivity index (χ2v) is 9.61. The number of hydrogen-bond acceptors (Lipinski definition) is 4. The Balaban J connectivity index is 1.26. The molecule has 3 N–H and O–H groups in total. The normalized spacial score (nSPS) is 22.3. The first-order valence-corrected chi connectivity index (χ1v) is 12.6. The third-order valence-corrected chi connectivity index (χ3v) is 7.00. The molecule has 0 spiro atoms. The van der Waals surface area contributed by atoms with Gasteiger partial charge in [0.15, 0.2) is 0 Å². The van der Waals surface area contributed by atoms with Gasteiger partial charge < -0.3 is 16.0 Å². The van der Waals surface area contributed by atoms with Gasteiger partial charge in [0.1, 0.15) is 0 Å². The highest BCUT2D eigenvalue weighted by Gasteiger charge is 2.36. The number of carbonyl (C=O) groups is 3. The highest BCUT2D eigenvalue weighted by molar-refractivity contribution is 5.96. The van der Waals surface area contributed by atoms with Crippen molar-refractivity contribution in [2.45, 2.75) is 56.4 Å². The average Bonchev–Trinajstić information content (AvgIpc) is 3.35. The van der Waals surface area contributed by atoms with E-state index in [1.54, 1.807) is 12.1 Å². The molecule has 0 bridgehead atoms. The minimum atomic E-state index is -4.55. The van der Waals surface area contributed by atoms with Crippen molar-refractivity contribution in [3.05, 3.63) is 71.3 Å². The average molecular weight is 517 g/mol. The van der Waals surface area contributed by atoms with E-state index in [1.165, 1.54) is 6.07 Å². The summed E-state index contributed by atoms with van der Waals surface area (Å²) in [7, 11) is 0. The number of nitrogens with one attached hydrogen (secondary N) is 3. The van der Waals surface area contributed by atoms with Gasteiger partial charge in [0.2, 0.25) is 5.91 Å². The van der Waals surface area contributed by atoms with Crippen molar-refractivity contribution in [3.8, 4) is 0 Å². The minimum Gasteiger partial charge on any atom is -0.350 e. The molecule has 3 amide bonds. The van der Waals surface area contributed by atoms with Crippen LogP contribution in [0.5, 0.6) is 0 Å². The molecule has 0 unspecified atom stereocenters. The highest BCUT2D eigenvalue weighted by Crippen LogP contribution is 2.29. The summed E-state index contributed by atoms with van der Waals surface area (Å²) in [6.07, 6.45) is 0.186. The minimum absolute atomic E-state index is 0.0302. The van der Waals surface area contributed by atoms with Gasteiger partial charge in [0.05, 0.1) is 12.1 Å². The van der Waals surface area contributed by atoms with Gasteiger partial charge in [-0.1, -0.05) is 37.1 Å². The number of halogens is 3. The van der Waals surface area contributed by atoms with Crippen molar-refractivity contribution in [2.24, 2.45) is 0 Å². The highest BCUT2D eigenvalue weighted by atomic mass is 19.4. The summed E-state index contributed by atoms with van der Waals surface area (Å²) < 4.78 is 38.6. The standard InChI is InChI=1S/C27H31F3N4O3/c28-27(29,30)20-10-6-9-19(15-20)25(36)31-16-24(35)32-21-13-14-34(17-21)23-12-5-4-11-22(23)33-26(37)18-7-2-1-3-8-18/h1-3,6-10,15,21-23H,4-5,11-14,16-17H2,(H,31,36)(H,32,35)(H,33,37)/t21-,22+,23-/m1/s1. The molecule has 0 aromatic heterocycles. The second-order valence-electron chi connectivity index (χ2n) is 9.61. The van der Waals surface area contributed by atoms with Crippen LogP contribution in [0.3, 0.4) is 0 Å². The third-order valence-electron chi connectivity index (χ3n) is 7.00. The lowest BCUT2D eigenvalue weighted by molar-refractivity contribution is -0.137. The van der Waals surface area contributed by atoms with Crippen LogP contribution in [-0.4, -0.2) is 60.4 Å². The molecule has 2 aliphatic rings. The molecule has 10 heteroatoms. The lowest BCUT2D eigenvalue weighted by Crippen LogP contribution is -2.53. The van der Waals surface area contributed by atoms with Gasteiger partial charge in [-0.15, -0.1) is 0 Å². The summed E-state index contributed by atoms with van der Waals surface area (Å²) in [5, 5.41) is 8.49. The number of rotatable bonds is 7. The molecule has 1 aliphatic heterocycles. The van der Waals surface area contributed by atoms with Crippen LogP contribution in [0.1, 0.15) is 58.4 Å². The number of nitrogens with zero attached hydrogens (tertiary/aromatic N) is 1. The number of alkyl halides is 3. The van der Waals surface area contributed by atoms with Crippen LogP contribution in [0.25, 0.3) is 0 Å². The quantitative estimate of drug-likeness (QED) is 0.527. The van der Waals surface area contributed by atoms with E-state index in [-0.39, 0.29) is 36.1 Å². The van der Waals surface area contributed by atoms with Crippen molar-refractivity contribution in [2.75, 3.05) is 19.6 Å². The second kappa shape index (κ2) is 11.8. The van der Waals surface area contributed by atoms with E-state index in [4.69, 9.17) is 0 Å².